The van der Waals surface area contributed by atoms with Crippen LogP contribution in [0.15, 0.2) is 17.5 Å². The number of methoxy groups -OCH3 is 3. The molecule has 0 bridgehead atoms. The van der Waals surface area contributed by atoms with Crippen molar-refractivity contribution in [3.8, 4) is 17.2 Å². The predicted octanol–water partition coefficient (Wildman–Crippen LogP) is 4.84. The molecule has 3 rings (SSSR count). The van der Waals surface area contributed by atoms with Gasteiger partial charge in [-0.3, -0.25) is 4.79 Å². The average molecular weight is 375 g/mol. The number of benzene rings is 1. The minimum Gasteiger partial charge on any atom is -0.493 e. The van der Waals surface area contributed by atoms with Crippen LogP contribution in [0.5, 0.6) is 17.2 Å². The highest BCUT2D eigenvalue weighted by Gasteiger charge is 2.22. The third-order valence-corrected chi connectivity index (χ3v) is 5.89. The summed E-state index contributed by atoms with van der Waals surface area (Å²) in [6.45, 7) is 0. The van der Waals surface area contributed by atoms with Crippen LogP contribution in [0.2, 0.25) is 0 Å². The van der Waals surface area contributed by atoms with Crippen LogP contribution in [0, 0.1) is 0 Å². The lowest BCUT2D eigenvalue weighted by Crippen LogP contribution is -2.05. The van der Waals surface area contributed by atoms with Gasteiger partial charge in [0.15, 0.2) is 11.5 Å². The number of rotatable bonds is 6. The van der Waals surface area contributed by atoms with Gasteiger partial charge in [0.1, 0.15) is 5.69 Å². The lowest BCUT2D eigenvalue weighted by Gasteiger charge is -2.13. The Morgan fingerprint density at radius 1 is 1.00 bits per heavy atom. The normalized spacial score (nSPS) is 15.3. The van der Waals surface area contributed by atoms with E-state index in [1.54, 1.807) is 44.8 Å². The van der Waals surface area contributed by atoms with E-state index in [9.17, 15) is 4.79 Å². The average Bonchev–Trinajstić information content (AvgIpc) is 3.01. The Hall–Kier alpha value is -2.08. The van der Waals surface area contributed by atoms with Crippen LogP contribution in [0.4, 0.5) is 0 Å². The van der Waals surface area contributed by atoms with Gasteiger partial charge in [0, 0.05) is 16.9 Å². The maximum absolute atomic E-state index is 12.9. The Kier molecular flexibility index (Phi) is 6.14. The monoisotopic (exact) mass is 375 g/mol. The molecule has 26 heavy (non-hydrogen) atoms. The highest BCUT2D eigenvalue weighted by atomic mass is 32.1. The van der Waals surface area contributed by atoms with E-state index in [0.29, 0.717) is 34.4 Å². The maximum atomic E-state index is 12.9. The highest BCUT2D eigenvalue weighted by molar-refractivity contribution is 7.10. The molecular weight excluding hydrogens is 350 g/mol. The molecule has 1 aliphatic rings. The molecule has 0 saturated heterocycles. The van der Waals surface area contributed by atoms with Crippen molar-refractivity contribution < 1.29 is 19.0 Å². The lowest BCUT2D eigenvalue weighted by atomic mass is 10.0. The summed E-state index contributed by atoms with van der Waals surface area (Å²) < 4.78 is 16.0. The van der Waals surface area contributed by atoms with E-state index in [-0.39, 0.29) is 5.78 Å². The maximum Gasteiger partial charge on any atom is 0.212 e. The van der Waals surface area contributed by atoms with Crippen LogP contribution < -0.4 is 14.2 Å². The summed E-state index contributed by atoms with van der Waals surface area (Å²) in [6, 6.07) is 3.35. The Bertz CT molecular complexity index is 738. The first-order valence-electron chi connectivity index (χ1n) is 8.98. The van der Waals surface area contributed by atoms with Crippen molar-refractivity contribution in [3.63, 3.8) is 0 Å². The van der Waals surface area contributed by atoms with E-state index in [2.05, 4.69) is 4.98 Å². The van der Waals surface area contributed by atoms with E-state index >= 15 is 0 Å². The van der Waals surface area contributed by atoms with E-state index in [4.69, 9.17) is 14.2 Å². The third-order valence-electron chi connectivity index (χ3n) is 4.89. The molecular formula is C20H25NO4S. The Labute approximate surface area is 158 Å². The quantitative estimate of drug-likeness (QED) is 0.534. The van der Waals surface area contributed by atoms with Crippen molar-refractivity contribution in [1.82, 2.24) is 4.98 Å². The van der Waals surface area contributed by atoms with Gasteiger partial charge in [-0.2, -0.15) is 0 Å². The number of nitrogens with zero attached hydrogens (tertiary/aromatic N) is 1. The summed E-state index contributed by atoms with van der Waals surface area (Å²) in [5.41, 5.74) is 0.973. The molecule has 1 aromatic carbocycles. The van der Waals surface area contributed by atoms with Gasteiger partial charge < -0.3 is 14.2 Å². The van der Waals surface area contributed by atoms with Crippen molar-refractivity contribution in [3.05, 3.63) is 33.8 Å². The number of carbonyl (C=O) groups is 1. The number of ketones is 1. The second kappa shape index (κ2) is 8.54. The minimum atomic E-state index is -0.125. The Balaban J connectivity index is 1.87. The van der Waals surface area contributed by atoms with E-state index < -0.39 is 0 Å². The smallest absolute Gasteiger partial charge is 0.212 e. The summed E-state index contributed by atoms with van der Waals surface area (Å²) in [6.07, 6.45) is 7.45. The van der Waals surface area contributed by atoms with Crippen molar-refractivity contribution in [2.75, 3.05) is 21.3 Å². The van der Waals surface area contributed by atoms with Gasteiger partial charge in [-0.05, 0) is 25.0 Å². The van der Waals surface area contributed by atoms with Crippen molar-refractivity contribution in [2.45, 2.75) is 44.4 Å². The summed E-state index contributed by atoms with van der Waals surface area (Å²) in [4.78, 5) is 17.6. The van der Waals surface area contributed by atoms with Crippen LogP contribution in [0.3, 0.4) is 0 Å². The molecule has 0 spiro atoms. The van der Waals surface area contributed by atoms with Gasteiger partial charge in [-0.15, -0.1) is 11.3 Å². The lowest BCUT2D eigenvalue weighted by molar-refractivity contribution is 0.103. The third kappa shape index (κ3) is 3.85. The second-order valence-electron chi connectivity index (χ2n) is 6.50. The number of hydrogen-bond acceptors (Lipinski definition) is 6. The zero-order valence-electron chi connectivity index (χ0n) is 15.5. The van der Waals surface area contributed by atoms with Crippen LogP contribution >= 0.6 is 11.3 Å². The fraction of sp³-hybridized carbons (Fsp3) is 0.500. The first-order chi connectivity index (χ1) is 12.7. The van der Waals surface area contributed by atoms with Gasteiger partial charge in [0.25, 0.3) is 0 Å². The molecule has 0 amide bonds. The fourth-order valence-corrected chi connectivity index (χ4v) is 4.44. The topological polar surface area (TPSA) is 57.7 Å². The van der Waals surface area contributed by atoms with Crippen LogP contribution in [-0.4, -0.2) is 32.1 Å². The second-order valence-corrected chi connectivity index (χ2v) is 7.39. The number of thiazole rings is 1. The number of aromatic nitrogens is 1. The van der Waals surface area contributed by atoms with Gasteiger partial charge in [0.05, 0.1) is 26.3 Å². The molecule has 1 aliphatic carbocycles. The molecule has 0 aliphatic heterocycles. The standard InChI is InChI=1S/C20H25NO4S/c1-23-16-10-14(11-17(24-2)19(16)25-3)18(22)15-12-26-20(21-15)13-8-6-4-5-7-9-13/h10-13H,4-9H2,1-3H3. The molecule has 6 heteroatoms. The van der Waals surface area contributed by atoms with E-state index in [0.717, 1.165) is 5.01 Å². The van der Waals surface area contributed by atoms with Crippen molar-refractivity contribution >= 4 is 17.1 Å². The molecule has 1 aromatic heterocycles. The van der Waals surface area contributed by atoms with Gasteiger partial charge in [-0.25, -0.2) is 4.98 Å². The summed E-state index contributed by atoms with van der Waals surface area (Å²) in [5, 5.41) is 2.95. The SMILES string of the molecule is COc1cc(C(=O)c2csc(C3CCCCCC3)n2)cc(OC)c1OC. The van der Waals surface area contributed by atoms with Crippen LogP contribution in [0.1, 0.15) is 65.5 Å². The van der Waals surface area contributed by atoms with Crippen molar-refractivity contribution in [2.24, 2.45) is 0 Å². The summed E-state index contributed by atoms with van der Waals surface area (Å²) >= 11 is 1.60. The molecule has 0 atom stereocenters. The zero-order valence-corrected chi connectivity index (χ0v) is 16.4. The van der Waals surface area contributed by atoms with E-state index in [1.807, 2.05) is 5.38 Å². The molecule has 5 nitrogen and oxygen atoms in total. The number of carbonyl (C=O) groups excluding carboxylic acids is 1. The Morgan fingerprint density at radius 3 is 2.15 bits per heavy atom. The zero-order chi connectivity index (χ0) is 18.5. The molecule has 1 fully saturated rings. The number of hydrogen-bond donors (Lipinski definition) is 0. The van der Waals surface area contributed by atoms with Gasteiger partial charge in [0.2, 0.25) is 11.5 Å². The van der Waals surface area contributed by atoms with Crippen LogP contribution in [-0.2, 0) is 0 Å². The van der Waals surface area contributed by atoms with Gasteiger partial charge >= 0.3 is 0 Å². The van der Waals surface area contributed by atoms with Crippen LogP contribution in [0.25, 0.3) is 0 Å². The molecule has 0 unspecified atom stereocenters. The number of ether oxygens (including phenoxy) is 3. The van der Waals surface area contributed by atoms with Crippen molar-refractivity contribution in [1.29, 1.82) is 0 Å². The summed E-state index contributed by atoms with van der Waals surface area (Å²) in [7, 11) is 4.62. The Morgan fingerprint density at radius 2 is 1.62 bits per heavy atom. The molecule has 1 saturated carbocycles. The highest BCUT2D eigenvalue weighted by Crippen LogP contribution is 2.39. The molecule has 1 heterocycles. The predicted molar refractivity (Wildman–Crippen MR) is 102 cm³/mol. The fourth-order valence-electron chi connectivity index (χ4n) is 3.47. The van der Waals surface area contributed by atoms with E-state index in [1.165, 1.54) is 38.5 Å². The first-order valence-corrected chi connectivity index (χ1v) is 9.86. The molecule has 2 aromatic rings. The minimum absolute atomic E-state index is 0.125. The summed E-state index contributed by atoms with van der Waals surface area (Å²) in [5.74, 6) is 1.78. The molecule has 0 radical (unpaired) electrons. The largest absolute Gasteiger partial charge is 0.493 e. The molecule has 0 N–H and O–H groups in total. The van der Waals surface area contributed by atoms with Gasteiger partial charge in [-0.1, -0.05) is 25.7 Å². The first kappa shape index (κ1) is 18.7. The molecule has 140 valence electrons.